The van der Waals surface area contributed by atoms with Crippen molar-refractivity contribution >= 4 is 0 Å². The lowest BCUT2D eigenvalue weighted by Gasteiger charge is -2.15. The molecule has 1 aliphatic rings. The van der Waals surface area contributed by atoms with Crippen molar-refractivity contribution < 1.29 is 9.92 Å². The van der Waals surface area contributed by atoms with E-state index in [4.69, 9.17) is 0 Å². The van der Waals surface area contributed by atoms with Gasteiger partial charge in [-0.25, -0.2) is 0 Å². The molecule has 0 aromatic carbocycles. The SMILES string of the molecule is CN1CCCC1O[N+](=O)[O-]. The van der Waals surface area contributed by atoms with Crippen molar-refractivity contribution in [2.75, 3.05) is 13.6 Å². The summed E-state index contributed by atoms with van der Waals surface area (Å²) in [6.45, 7) is 0.887. The van der Waals surface area contributed by atoms with Gasteiger partial charge in [0.05, 0.1) is 0 Å². The predicted molar refractivity (Wildman–Crippen MR) is 33.7 cm³/mol. The van der Waals surface area contributed by atoms with E-state index in [2.05, 4.69) is 4.84 Å². The Hall–Kier alpha value is -0.840. The second-order valence-electron chi connectivity index (χ2n) is 2.41. The van der Waals surface area contributed by atoms with Crippen LogP contribution in [0.25, 0.3) is 0 Å². The highest BCUT2D eigenvalue weighted by Crippen LogP contribution is 2.15. The van der Waals surface area contributed by atoms with Crippen LogP contribution in [0, 0.1) is 10.1 Å². The van der Waals surface area contributed by atoms with Crippen LogP contribution in [0.5, 0.6) is 0 Å². The maximum absolute atomic E-state index is 9.86. The molecule has 1 aliphatic heterocycles. The summed E-state index contributed by atoms with van der Waals surface area (Å²) >= 11 is 0. The minimum Gasteiger partial charge on any atom is -0.295 e. The molecule has 1 saturated heterocycles. The number of hydrogen-bond acceptors (Lipinski definition) is 4. The second-order valence-corrected chi connectivity index (χ2v) is 2.41. The maximum Gasteiger partial charge on any atom is 0.296 e. The topological polar surface area (TPSA) is 55.6 Å². The van der Waals surface area contributed by atoms with Crippen molar-refractivity contribution in [2.45, 2.75) is 19.1 Å². The quantitative estimate of drug-likeness (QED) is 0.414. The van der Waals surface area contributed by atoms with Crippen molar-refractivity contribution in [2.24, 2.45) is 0 Å². The zero-order chi connectivity index (χ0) is 7.56. The Morgan fingerprint density at radius 1 is 1.80 bits per heavy atom. The van der Waals surface area contributed by atoms with E-state index in [1.165, 1.54) is 0 Å². The fraction of sp³-hybridized carbons (Fsp3) is 1.00. The lowest BCUT2D eigenvalue weighted by molar-refractivity contribution is -0.773. The van der Waals surface area contributed by atoms with Crippen molar-refractivity contribution in [3.63, 3.8) is 0 Å². The van der Waals surface area contributed by atoms with E-state index in [0.717, 1.165) is 19.4 Å². The van der Waals surface area contributed by atoms with Crippen LogP contribution in [-0.2, 0) is 4.84 Å². The zero-order valence-electron chi connectivity index (χ0n) is 5.82. The summed E-state index contributed by atoms with van der Waals surface area (Å²) in [5.41, 5.74) is 0. The monoisotopic (exact) mass is 146 g/mol. The number of nitrogens with zero attached hydrogens (tertiary/aromatic N) is 2. The van der Waals surface area contributed by atoms with Gasteiger partial charge in [-0.3, -0.25) is 9.74 Å². The average molecular weight is 146 g/mol. The van der Waals surface area contributed by atoms with Crippen molar-refractivity contribution in [1.29, 1.82) is 0 Å². The Balaban J connectivity index is 2.33. The third-order valence-electron chi connectivity index (χ3n) is 1.66. The van der Waals surface area contributed by atoms with E-state index < -0.39 is 5.09 Å². The summed E-state index contributed by atoms with van der Waals surface area (Å²) in [5, 5.41) is 9.13. The van der Waals surface area contributed by atoms with E-state index in [0.29, 0.717) is 0 Å². The van der Waals surface area contributed by atoms with Gasteiger partial charge in [0.1, 0.15) is 0 Å². The van der Waals surface area contributed by atoms with Gasteiger partial charge in [0, 0.05) is 6.54 Å². The van der Waals surface area contributed by atoms with Crippen LogP contribution in [-0.4, -0.2) is 29.8 Å². The summed E-state index contributed by atoms with van der Waals surface area (Å²) in [7, 11) is 1.82. The Kier molecular flexibility index (Phi) is 2.06. The van der Waals surface area contributed by atoms with Crippen LogP contribution < -0.4 is 0 Å². The highest BCUT2D eigenvalue weighted by molar-refractivity contribution is 4.66. The smallest absolute Gasteiger partial charge is 0.295 e. The van der Waals surface area contributed by atoms with Crippen LogP contribution in [0.1, 0.15) is 12.8 Å². The molecule has 1 unspecified atom stereocenters. The summed E-state index contributed by atoms with van der Waals surface area (Å²) in [5.74, 6) is 0. The largest absolute Gasteiger partial charge is 0.296 e. The van der Waals surface area contributed by atoms with Crippen molar-refractivity contribution in [3.8, 4) is 0 Å². The first-order chi connectivity index (χ1) is 4.70. The third-order valence-corrected chi connectivity index (χ3v) is 1.66. The van der Waals surface area contributed by atoms with Crippen LogP contribution in [0.4, 0.5) is 0 Å². The fourth-order valence-electron chi connectivity index (χ4n) is 1.11. The minimum absolute atomic E-state index is 0.310. The van der Waals surface area contributed by atoms with Crippen molar-refractivity contribution in [1.82, 2.24) is 4.90 Å². The number of rotatable bonds is 2. The van der Waals surface area contributed by atoms with E-state index in [1.54, 1.807) is 0 Å². The first-order valence-corrected chi connectivity index (χ1v) is 3.21. The molecule has 0 bridgehead atoms. The molecule has 0 spiro atoms. The predicted octanol–water partition coefficient (Wildman–Crippen LogP) is 0.246. The molecule has 5 heteroatoms. The van der Waals surface area contributed by atoms with Crippen molar-refractivity contribution in [3.05, 3.63) is 10.1 Å². The molecule has 5 nitrogen and oxygen atoms in total. The first kappa shape index (κ1) is 7.27. The summed E-state index contributed by atoms with van der Waals surface area (Å²) in [4.78, 5) is 16.1. The molecule has 0 amide bonds. The number of likely N-dealkylation sites (tertiary alicyclic amines) is 1. The molecule has 10 heavy (non-hydrogen) atoms. The molecule has 0 aliphatic carbocycles. The molecule has 1 rings (SSSR count). The highest BCUT2D eigenvalue weighted by Gasteiger charge is 2.23. The lowest BCUT2D eigenvalue weighted by atomic mass is 10.4. The van der Waals surface area contributed by atoms with E-state index in [-0.39, 0.29) is 6.23 Å². The van der Waals surface area contributed by atoms with Gasteiger partial charge in [-0.1, -0.05) is 0 Å². The molecule has 0 aromatic heterocycles. The second kappa shape index (κ2) is 2.83. The van der Waals surface area contributed by atoms with Gasteiger partial charge in [-0.05, 0) is 19.9 Å². The van der Waals surface area contributed by atoms with Gasteiger partial charge in [0.25, 0.3) is 5.09 Å². The van der Waals surface area contributed by atoms with Crippen LogP contribution in [0.15, 0.2) is 0 Å². The molecule has 0 saturated carbocycles. The molecule has 0 aromatic rings. The Labute approximate surface area is 58.7 Å². The lowest BCUT2D eigenvalue weighted by Crippen LogP contribution is -2.29. The standard InChI is InChI=1S/C5H10N2O3/c1-6-4-2-3-5(6)10-7(8)9/h5H,2-4H2,1H3. The summed E-state index contributed by atoms with van der Waals surface area (Å²) < 4.78 is 0. The molecule has 1 atom stereocenters. The van der Waals surface area contributed by atoms with E-state index in [1.807, 2.05) is 11.9 Å². The van der Waals surface area contributed by atoms with Gasteiger partial charge in [-0.2, -0.15) is 0 Å². The van der Waals surface area contributed by atoms with Gasteiger partial charge in [0.15, 0.2) is 6.23 Å². The van der Waals surface area contributed by atoms with E-state index >= 15 is 0 Å². The Morgan fingerprint density at radius 3 is 2.90 bits per heavy atom. The van der Waals surface area contributed by atoms with Gasteiger partial charge in [0.2, 0.25) is 0 Å². The maximum atomic E-state index is 9.86. The third kappa shape index (κ3) is 1.57. The zero-order valence-corrected chi connectivity index (χ0v) is 5.82. The molecule has 0 N–H and O–H groups in total. The molecular formula is C5H10N2O3. The molecule has 1 fully saturated rings. The Bertz CT molecular complexity index is 139. The van der Waals surface area contributed by atoms with Crippen LogP contribution in [0.3, 0.4) is 0 Å². The Morgan fingerprint density at radius 2 is 2.50 bits per heavy atom. The normalized spacial score (nSPS) is 26.7. The van der Waals surface area contributed by atoms with Gasteiger partial charge >= 0.3 is 0 Å². The van der Waals surface area contributed by atoms with Crippen LogP contribution in [0.2, 0.25) is 0 Å². The van der Waals surface area contributed by atoms with Gasteiger partial charge < -0.3 is 0 Å². The average Bonchev–Trinajstić information content (AvgIpc) is 2.15. The minimum atomic E-state index is -0.730. The van der Waals surface area contributed by atoms with E-state index in [9.17, 15) is 10.1 Å². The summed E-state index contributed by atoms with van der Waals surface area (Å²) in [6, 6.07) is 0. The van der Waals surface area contributed by atoms with Gasteiger partial charge in [-0.15, -0.1) is 10.1 Å². The molecule has 58 valence electrons. The summed E-state index contributed by atoms with van der Waals surface area (Å²) in [6.07, 6.45) is 1.43. The number of hydrogen-bond donors (Lipinski definition) is 0. The highest BCUT2D eigenvalue weighted by atomic mass is 17.0. The fourth-order valence-corrected chi connectivity index (χ4v) is 1.11. The first-order valence-electron chi connectivity index (χ1n) is 3.21. The molecule has 1 heterocycles. The molecular weight excluding hydrogens is 136 g/mol. The molecule has 0 radical (unpaired) electrons. The van der Waals surface area contributed by atoms with Crippen LogP contribution >= 0.6 is 0 Å².